The Hall–Kier alpha value is -2.63. The number of hydrogen-bond acceptors (Lipinski definition) is 3. The molecule has 0 saturated heterocycles. The number of aliphatic carboxylic acids is 1. The van der Waals surface area contributed by atoms with Crippen molar-refractivity contribution in [2.24, 2.45) is 0 Å². The lowest BCUT2D eigenvalue weighted by Gasteiger charge is -2.14. The lowest BCUT2D eigenvalue weighted by Crippen LogP contribution is -2.34. The molecule has 2 rings (SSSR count). The quantitative estimate of drug-likeness (QED) is 0.828. The highest BCUT2D eigenvalue weighted by atomic mass is 16.4. The molecule has 0 radical (unpaired) electrons. The van der Waals surface area contributed by atoms with Crippen LogP contribution in [-0.4, -0.2) is 26.8 Å². The Bertz CT molecular complexity index is 567. The van der Waals surface area contributed by atoms with Crippen LogP contribution in [0.1, 0.15) is 18.0 Å². The largest absolute Gasteiger partial charge is 0.479 e. The summed E-state index contributed by atoms with van der Waals surface area (Å²) in [6.45, 7) is 0.417. The van der Waals surface area contributed by atoms with Crippen molar-refractivity contribution in [2.75, 3.05) is 0 Å². The molecule has 0 bridgehead atoms. The molecule has 0 aliphatic carbocycles. The van der Waals surface area contributed by atoms with Crippen LogP contribution in [0.2, 0.25) is 0 Å². The summed E-state index contributed by atoms with van der Waals surface area (Å²) in [5, 5.41) is 15.7. The average molecular weight is 273 g/mol. The van der Waals surface area contributed by atoms with Crippen LogP contribution in [0.4, 0.5) is 0 Å². The molecule has 1 aromatic carbocycles. The minimum atomic E-state index is -1.08. The van der Waals surface area contributed by atoms with Gasteiger partial charge in [0.25, 0.3) is 0 Å². The Balaban J connectivity index is 1.95. The van der Waals surface area contributed by atoms with Gasteiger partial charge in [-0.15, -0.1) is 0 Å². The fraction of sp³-hybridized carbons (Fsp3) is 0.214. The first-order valence-corrected chi connectivity index (χ1v) is 6.21. The van der Waals surface area contributed by atoms with E-state index in [1.54, 1.807) is 53.5 Å². The fourth-order valence-electron chi connectivity index (χ4n) is 1.82. The Morgan fingerprint density at radius 1 is 1.25 bits per heavy atom. The van der Waals surface area contributed by atoms with Crippen molar-refractivity contribution in [1.29, 1.82) is 0 Å². The predicted octanol–water partition coefficient (Wildman–Crippen LogP) is 1.22. The highest BCUT2D eigenvalue weighted by Gasteiger charge is 2.21. The number of aryl methyl sites for hydroxylation is 1. The number of rotatable bonds is 6. The van der Waals surface area contributed by atoms with Gasteiger partial charge in [-0.1, -0.05) is 30.3 Å². The molecular weight excluding hydrogens is 258 g/mol. The monoisotopic (exact) mass is 273 g/mol. The molecule has 20 heavy (non-hydrogen) atoms. The third-order valence-electron chi connectivity index (χ3n) is 2.81. The number of carboxylic acids is 1. The number of carbonyl (C=O) groups excluding carboxylic acids is 1. The lowest BCUT2D eigenvalue weighted by atomic mass is 10.1. The number of benzene rings is 1. The van der Waals surface area contributed by atoms with Gasteiger partial charge in [-0.05, 0) is 11.6 Å². The van der Waals surface area contributed by atoms with Gasteiger partial charge in [-0.2, -0.15) is 5.10 Å². The van der Waals surface area contributed by atoms with E-state index < -0.39 is 12.0 Å². The summed E-state index contributed by atoms with van der Waals surface area (Å²) < 4.78 is 1.62. The smallest absolute Gasteiger partial charge is 0.330 e. The summed E-state index contributed by atoms with van der Waals surface area (Å²) in [6, 6.07) is 9.35. The van der Waals surface area contributed by atoms with Crippen molar-refractivity contribution >= 4 is 11.9 Å². The van der Waals surface area contributed by atoms with E-state index >= 15 is 0 Å². The number of amides is 1. The molecular formula is C14H15N3O3. The van der Waals surface area contributed by atoms with Gasteiger partial charge in [-0.25, -0.2) is 4.79 Å². The van der Waals surface area contributed by atoms with Gasteiger partial charge in [-0.3, -0.25) is 9.48 Å². The van der Waals surface area contributed by atoms with Gasteiger partial charge in [0.1, 0.15) is 0 Å². The van der Waals surface area contributed by atoms with Crippen molar-refractivity contribution in [1.82, 2.24) is 15.1 Å². The van der Waals surface area contributed by atoms with Crippen molar-refractivity contribution in [3.8, 4) is 0 Å². The van der Waals surface area contributed by atoms with Crippen LogP contribution in [0.5, 0.6) is 0 Å². The Kier molecular flexibility index (Phi) is 4.49. The number of carbonyl (C=O) groups is 2. The highest BCUT2D eigenvalue weighted by molar-refractivity contribution is 5.84. The molecule has 0 spiro atoms. The zero-order valence-corrected chi connectivity index (χ0v) is 10.8. The molecule has 2 aromatic rings. The molecule has 0 aliphatic rings. The minimum Gasteiger partial charge on any atom is -0.479 e. The van der Waals surface area contributed by atoms with Crippen molar-refractivity contribution in [3.05, 3.63) is 54.4 Å². The summed E-state index contributed by atoms with van der Waals surface area (Å²) >= 11 is 0. The second-order valence-electron chi connectivity index (χ2n) is 4.27. The second-order valence-corrected chi connectivity index (χ2v) is 4.27. The minimum absolute atomic E-state index is 0.179. The first-order valence-electron chi connectivity index (χ1n) is 6.21. The topological polar surface area (TPSA) is 84.2 Å². The molecule has 104 valence electrons. The number of nitrogens with zero attached hydrogens (tertiary/aromatic N) is 2. The summed E-state index contributed by atoms with van der Waals surface area (Å²) in [5.41, 5.74) is 0.549. The van der Waals surface area contributed by atoms with Gasteiger partial charge in [0, 0.05) is 25.4 Å². The van der Waals surface area contributed by atoms with Crippen molar-refractivity contribution in [2.45, 2.75) is 19.0 Å². The van der Waals surface area contributed by atoms with Crippen LogP contribution in [0, 0.1) is 0 Å². The van der Waals surface area contributed by atoms with Crippen molar-refractivity contribution in [3.63, 3.8) is 0 Å². The van der Waals surface area contributed by atoms with Crippen LogP contribution >= 0.6 is 0 Å². The first kappa shape index (κ1) is 13.8. The maximum absolute atomic E-state index is 11.8. The van der Waals surface area contributed by atoms with Crippen LogP contribution < -0.4 is 5.32 Å². The molecule has 1 amide bonds. The molecule has 0 saturated carbocycles. The summed E-state index contributed by atoms with van der Waals surface area (Å²) in [5.74, 6) is -1.40. The fourth-order valence-corrected chi connectivity index (χ4v) is 1.82. The predicted molar refractivity (Wildman–Crippen MR) is 71.8 cm³/mol. The van der Waals surface area contributed by atoms with E-state index in [0.29, 0.717) is 12.1 Å². The lowest BCUT2D eigenvalue weighted by molar-refractivity contribution is -0.142. The zero-order valence-electron chi connectivity index (χ0n) is 10.8. The van der Waals surface area contributed by atoms with E-state index in [1.165, 1.54) is 0 Å². The van der Waals surface area contributed by atoms with E-state index in [9.17, 15) is 14.7 Å². The molecule has 2 N–H and O–H groups in total. The summed E-state index contributed by atoms with van der Waals surface area (Å²) in [4.78, 5) is 23.0. The van der Waals surface area contributed by atoms with Gasteiger partial charge in [0.05, 0.1) is 0 Å². The van der Waals surface area contributed by atoms with E-state index in [2.05, 4.69) is 10.4 Å². The maximum Gasteiger partial charge on any atom is 0.330 e. The van der Waals surface area contributed by atoms with Gasteiger partial charge < -0.3 is 10.4 Å². The third kappa shape index (κ3) is 3.68. The van der Waals surface area contributed by atoms with Gasteiger partial charge in [0.2, 0.25) is 5.91 Å². The van der Waals surface area contributed by atoms with E-state index in [-0.39, 0.29) is 12.3 Å². The summed E-state index contributed by atoms with van der Waals surface area (Å²) in [7, 11) is 0. The Morgan fingerprint density at radius 3 is 2.60 bits per heavy atom. The first-order chi connectivity index (χ1) is 9.66. The van der Waals surface area contributed by atoms with E-state index in [1.807, 2.05) is 0 Å². The molecule has 1 atom stereocenters. The van der Waals surface area contributed by atoms with Crippen molar-refractivity contribution < 1.29 is 14.7 Å². The van der Waals surface area contributed by atoms with Gasteiger partial charge in [0.15, 0.2) is 6.04 Å². The molecule has 6 heteroatoms. The van der Waals surface area contributed by atoms with E-state index in [4.69, 9.17) is 0 Å². The van der Waals surface area contributed by atoms with Crippen LogP contribution in [-0.2, 0) is 16.1 Å². The summed E-state index contributed by atoms with van der Waals surface area (Å²) in [6.07, 6.45) is 3.55. The van der Waals surface area contributed by atoms with Crippen LogP contribution in [0.3, 0.4) is 0 Å². The second kappa shape index (κ2) is 6.51. The number of nitrogens with one attached hydrogen (secondary N) is 1. The molecule has 0 unspecified atom stereocenters. The molecule has 1 heterocycles. The Labute approximate surface area is 116 Å². The average Bonchev–Trinajstić information content (AvgIpc) is 2.96. The number of hydrogen-bond donors (Lipinski definition) is 2. The zero-order chi connectivity index (χ0) is 14.4. The number of carboxylic acid groups (broad SMARTS) is 1. The molecule has 0 aliphatic heterocycles. The SMILES string of the molecule is O=C(CCn1cccn1)N[C@@H](C(=O)O)c1ccccc1. The Morgan fingerprint density at radius 2 is 2.00 bits per heavy atom. The van der Waals surface area contributed by atoms with Crippen LogP contribution in [0.25, 0.3) is 0 Å². The van der Waals surface area contributed by atoms with Crippen LogP contribution in [0.15, 0.2) is 48.8 Å². The maximum atomic E-state index is 11.8. The van der Waals surface area contributed by atoms with Gasteiger partial charge >= 0.3 is 5.97 Å². The highest BCUT2D eigenvalue weighted by Crippen LogP contribution is 2.12. The molecule has 0 fully saturated rings. The molecule has 6 nitrogen and oxygen atoms in total. The van der Waals surface area contributed by atoms with E-state index in [0.717, 1.165) is 0 Å². The molecule has 1 aromatic heterocycles. The normalized spacial score (nSPS) is 11.8. The standard InChI is InChI=1S/C14H15N3O3/c18-12(7-10-17-9-4-8-15-17)16-13(14(19)20)11-5-2-1-3-6-11/h1-6,8-9,13H,7,10H2,(H,16,18)(H,19,20)/t13-/m1/s1. The number of aromatic nitrogens is 2. The third-order valence-corrected chi connectivity index (χ3v) is 2.81.